The molecule has 1 unspecified atom stereocenters. The summed E-state index contributed by atoms with van der Waals surface area (Å²) in [4.78, 5) is 10.3. The number of rotatable bonds is 3. The van der Waals surface area contributed by atoms with Gasteiger partial charge in [-0.15, -0.1) is 0 Å². The minimum Gasteiger partial charge on any atom is -0.330 e. The Hall–Kier alpha value is -0.420. The number of likely N-dealkylation sites (tertiary alicyclic amines) is 1. The van der Waals surface area contributed by atoms with Crippen LogP contribution in [-0.4, -0.2) is 34.5 Å². The number of aromatic nitrogens is 2. The van der Waals surface area contributed by atoms with Gasteiger partial charge >= 0.3 is 0 Å². The Labute approximate surface area is 111 Å². The molecule has 0 radical (unpaired) electrons. The number of hydrogen-bond donors (Lipinski definition) is 1. The molecule has 2 N–H and O–H groups in total. The van der Waals surface area contributed by atoms with Crippen molar-refractivity contribution in [1.82, 2.24) is 14.9 Å². The zero-order chi connectivity index (χ0) is 12.3. The molecule has 6 heteroatoms. The molecule has 1 saturated heterocycles. The van der Waals surface area contributed by atoms with Crippen molar-refractivity contribution in [3.8, 4) is 0 Å². The lowest BCUT2D eigenvalue weighted by atomic mass is 9.98. The van der Waals surface area contributed by atoms with E-state index in [2.05, 4.69) is 14.9 Å². The van der Waals surface area contributed by atoms with Gasteiger partial charge in [-0.05, 0) is 43.5 Å². The average molecular weight is 275 g/mol. The van der Waals surface area contributed by atoms with Gasteiger partial charge in [-0.3, -0.25) is 4.90 Å². The van der Waals surface area contributed by atoms with Crippen molar-refractivity contribution in [3.63, 3.8) is 0 Å². The third-order valence-corrected chi connectivity index (χ3v) is 3.62. The summed E-state index contributed by atoms with van der Waals surface area (Å²) in [5.41, 5.74) is 6.64. The van der Waals surface area contributed by atoms with Crippen LogP contribution in [0.25, 0.3) is 0 Å². The lowest BCUT2D eigenvalue weighted by molar-refractivity contribution is 0.171. The molecule has 0 saturated carbocycles. The third-order valence-electron chi connectivity index (χ3n) is 3.11. The van der Waals surface area contributed by atoms with Gasteiger partial charge in [0.25, 0.3) is 0 Å². The van der Waals surface area contributed by atoms with Crippen molar-refractivity contribution < 1.29 is 0 Å². The highest BCUT2D eigenvalue weighted by Crippen LogP contribution is 2.20. The lowest BCUT2D eigenvalue weighted by Gasteiger charge is -2.32. The molecule has 0 amide bonds. The van der Waals surface area contributed by atoms with Gasteiger partial charge in [0.05, 0.1) is 0 Å². The summed E-state index contributed by atoms with van der Waals surface area (Å²) >= 11 is 11.7. The topological polar surface area (TPSA) is 55.0 Å². The van der Waals surface area contributed by atoms with Crippen molar-refractivity contribution in [3.05, 3.63) is 22.2 Å². The van der Waals surface area contributed by atoms with Gasteiger partial charge in [0.15, 0.2) is 0 Å². The van der Waals surface area contributed by atoms with E-state index in [9.17, 15) is 0 Å². The molecule has 17 heavy (non-hydrogen) atoms. The first-order valence-corrected chi connectivity index (χ1v) is 6.54. The van der Waals surface area contributed by atoms with Crippen LogP contribution in [0.1, 0.15) is 18.4 Å². The molecular formula is C11H16Cl2N4. The Bertz CT molecular complexity index is 386. The zero-order valence-corrected chi connectivity index (χ0v) is 11.1. The predicted octanol–water partition coefficient (Wildman–Crippen LogP) is 1.95. The van der Waals surface area contributed by atoms with E-state index in [0.29, 0.717) is 11.1 Å². The van der Waals surface area contributed by atoms with Gasteiger partial charge in [-0.25, -0.2) is 9.97 Å². The second kappa shape index (κ2) is 5.96. The van der Waals surface area contributed by atoms with Crippen molar-refractivity contribution in [2.75, 3.05) is 19.6 Å². The molecule has 0 spiro atoms. The van der Waals surface area contributed by atoms with Crippen LogP contribution in [0, 0.1) is 5.92 Å². The lowest BCUT2D eigenvalue weighted by Crippen LogP contribution is -2.37. The highest BCUT2D eigenvalue weighted by atomic mass is 35.5. The largest absolute Gasteiger partial charge is 0.330 e. The summed E-state index contributed by atoms with van der Waals surface area (Å²) in [6.45, 7) is 3.62. The first kappa shape index (κ1) is 13.0. The smallest absolute Gasteiger partial charge is 0.223 e. The summed E-state index contributed by atoms with van der Waals surface area (Å²) in [5.74, 6) is 0.593. The second-order valence-electron chi connectivity index (χ2n) is 4.43. The summed E-state index contributed by atoms with van der Waals surface area (Å²) in [7, 11) is 0. The number of halogens is 2. The zero-order valence-electron chi connectivity index (χ0n) is 9.57. The number of nitrogens with two attached hydrogens (primary N) is 1. The average Bonchev–Trinajstić information content (AvgIpc) is 2.33. The third kappa shape index (κ3) is 3.52. The molecule has 1 aliphatic rings. The minimum atomic E-state index is 0.192. The van der Waals surface area contributed by atoms with Crippen LogP contribution in [0.4, 0.5) is 0 Å². The van der Waals surface area contributed by atoms with Gasteiger partial charge in [-0.2, -0.15) is 0 Å². The van der Waals surface area contributed by atoms with E-state index in [1.807, 2.05) is 0 Å². The van der Waals surface area contributed by atoms with Crippen molar-refractivity contribution in [2.45, 2.75) is 19.4 Å². The molecule has 1 atom stereocenters. The Morgan fingerprint density at radius 2 is 2.29 bits per heavy atom. The summed E-state index contributed by atoms with van der Waals surface area (Å²) in [5, 5.41) is 0.636. The van der Waals surface area contributed by atoms with Crippen LogP contribution in [-0.2, 0) is 6.54 Å². The molecule has 0 bridgehead atoms. The van der Waals surface area contributed by atoms with E-state index in [1.54, 1.807) is 6.20 Å². The Balaban J connectivity index is 2.00. The van der Waals surface area contributed by atoms with Crippen molar-refractivity contribution >= 4 is 23.2 Å². The van der Waals surface area contributed by atoms with Gasteiger partial charge in [0, 0.05) is 24.8 Å². The fraction of sp³-hybridized carbons (Fsp3) is 0.636. The quantitative estimate of drug-likeness (QED) is 0.676. The second-order valence-corrected chi connectivity index (χ2v) is 5.13. The van der Waals surface area contributed by atoms with Gasteiger partial charge in [0.1, 0.15) is 5.15 Å². The van der Waals surface area contributed by atoms with Crippen LogP contribution < -0.4 is 5.73 Å². The minimum absolute atomic E-state index is 0.192. The molecule has 1 aromatic heterocycles. The van der Waals surface area contributed by atoms with Crippen molar-refractivity contribution in [2.24, 2.45) is 11.7 Å². The molecule has 94 valence electrons. The SMILES string of the molecule is NCC1CCCN(Cc2cnc(Cl)nc2Cl)C1. The fourth-order valence-corrected chi connectivity index (χ4v) is 2.57. The Morgan fingerprint density at radius 3 is 3.00 bits per heavy atom. The monoisotopic (exact) mass is 274 g/mol. The van der Waals surface area contributed by atoms with Crippen LogP contribution in [0.5, 0.6) is 0 Å². The Morgan fingerprint density at radius 1 is 1.47 bits per heavy atom. The summed E-state index contributed by atoms with van der Waals surface area (Å²) in [6.07, 6.45) is 4.11. The highest BCUT2D eigenvalue weighted by Gasteiger charge is 2.19. The predicted molar refractivity (Wildman–Crippen MR) is 69.1 cm³/mol. The maximum absolute atomic E-state index is 6.03. The maximum atomic E-state index is 6.03. The van der Waals surface area contributed by atoms with Crippen LogP contribution in [0.3, 0.4) is 0 Å². The van der Waals surface area contributed by atoms with E-state index < -0.39 is 0 Å². The van der Waals surface area contributed by atoms with Crippen LogP contribution >= 0.6 is 23.2 Å². The van der Waals surface area contributed by atoms with E-state index in [4.69, 9.17) is 28.9 Å². The molecule has 1 aliphatic heterocycles. The van der Waals surface area contributed by atoms with E-state index >= 15 is 0 Å². The molecular weight excluding hydrogens is 259 g/mol. The molecule has 1 aromatic rings. The van der Waals surface area contributed by atoms with Crippen LogP contribution in [0.2, 0.25) is 10.4 Å². The van der Waals surface area contributed by atoms with Gasteiger partial charge in [0.2, 0.25) is 5.28 Å². The molecule has 0 aromatic carbocycles. The van der Waals surface area contributed by atoms with Crippen LogP contribution in [0.15, 0.2) is 6.20 Å². The van der Waals surface area contributed by atoms with E-state index in [0.717, 1.165) is 31.7 Å². The fourth-order valence-electron chi connectivity index (χ4n) is 2.20. The molecule has 0 aliphatic carbocycles. The number of hydrogen-bond acceptors (Lipinski definition) is 4. The van der Waals surface area contributed by atoms with E-state index in [-0.39, 0.29) is 5.28 Å². The maximum Gasteiger partial charge on any atom is 0.223 e. The highest BCUT2D eigenvalue weighted by molar-refractivity contribution is 6.32. The first-order chi connectivity index (χ1) is 8.19. The summed E-state index contributed by atoms with van der Waals surface area (Å²) in [6, 6.07) is 0. The number of piperidine rings is 1. The molecule has 1 fully saturated rings. The Kier molecular flexibility index (Phi) is 4.56. The molecule has 2 heterocycles. The molecule has 2 rings (SSSR count). The molecule has 4 nitrogen and oxygen atoms in total. The standard InChI is InChI=1S/C11H16Cl2N4/c12-10-9(5-15-11(13)16-10)7-17-3-1-2-8(4-14)6-17/h5,8H,1-4,6-7,14H2. The van der Waals surface area contributed by atoms with E-state index in [1.165, 1.54) is 12.8 Å². The van der Waals surface area contributed by atoms with Gasteiger partial charge in [-0.1, -0.05) is 11.6 Å². The first-order valence-electron chi connectivity index (χ1n) is 5.78. The van der Waals surface area contributed by atoms with Gasteiger partial charge < -0.3 is 5.73 Å². The van der Waals surface area contributed by atoms with Crippen molar-refractivity contribution in [1.29, 1.82) is 0 Å². The summed E-state index contributed by atoms with van der Waals surface area (Å²) < 4.78 is 0. The normalized spacial score (nSPS) is 21.7. The number of nitrogens with zero attached hydrogens (tertiary/aromatic N) is 3.